The molecule has 0 atom stereocenters. The molecule has 1 aromatic carbocycles. The van der Waals surface area contributed by atoms with Crippen LogP contribution in [0, 0.1) is 0 Å². The van der Waals surface area contributed by atoms with Gasteiger partial charge in [0.05, 0.1) is 11.8 Å². The number of nitrogens with zero attached hydrogens (tertiary/aromatic N) is 3. The van der Waals surface area contributed by atoms with Crippen LogP contribution in [0.25, 0.3) is 0 Å². The van der Waals surface area contributed by atoms with Crippen LogP contribution in [0.15, 0.2) is 28.4 Å². The van der Waals surface area contributed by atoms with Crippen molar-refractivity contribution in [2.45, 2.75) is 25.4 Å². The van der Waals surface area contributed by atoms with Crippen molar-refractivity contribution in [2.75, 3.05) is 18.0 Å². The molecule has 1 aliphatic rings. The van der Waals surface area contributed by atoms with Gasteiger partial charge in [0.2, 0.25) is 5.96 Å². The Morgan fingerprint density at radius 3 is 2.41 bits per heavy atom. The van der Waals surface area contributed by atoms with Gasteiger partial charge in [-0.3, -0.25) is 0 Å². The van der Waals surface area contributed by atoms with Crippen LogP contribution in [0.3, 0.4) is 0 Å². The first-order valence-electron chi connectivity index (χ1n) is 6.96. The van der Waals surface area contributed by atoms with Crippen molar-refractivity contribution in [3.63, 3.8) is 0 Å². The third kappa shape index (κ3) is 4.12. The van der Waals surface area contributed by atoms with Crippen molar-refractivity contribution in [2.24, 2.45) is 21.7 Å². The molecule has 0 amide bonds. The Hall–Kier alpha value is -2.25. The van der Waals surface area contributed by atoms with E-state index in [4.69, 9.17) is 11.5 Å². The summed E-state index contributed by atoms with van der Waals surface area (Å²) in [6.45, 7) is 1.29. The molecule has 1 heterocycles. The van der Waals surface area contributed by atoms with Gasteiger partial charge in [0.25, 0.3) is 0 Å². The predicted molar refractivity (Wildman–Crippen MR) is 80.9 cm³/mol. The molecule has 5 nitrogen and oxygen atoms in total. The Bertz CT molecular complexity index is 570. The Morgan fingerprint density at radius 2 is 1.82 bits per heavy atom. The quantitative estimate of drug-likeness (QED) is 0.510. The van der Waals surface area contributed by atoms with Crippen LogP contribution in [0.2, 0.25) is 0 Å². The summed E-state index contributed by atoms with van der Waals surface area (Å²) in [7, 11) is 0. The molecule has 0 bridgehead atoms. The zero-order valence-corrected chi connectivity index (χ0v) is 12.0. The smallest absolute Gasteiger partial charge is 0.371 e. The molecule has 1 saturated heterocycles. The van der Waals surface area contributed by atoms with Gasteiger partial charge >= 0.3 is 6.18 Å². The van der Waals surface area contributed by atoms with E-state index in [1.54, 1.807) is 11.0 Å². The van der Waals surface area contributed by atoms with E-state index < -0.39 is 11.7 Å². The summed E-state index contributed by atoms with van der Waals surface area (Å²) in [6.07, 6.45) is -0.362. The first kappa shape index (κ1) is 16.1. The molecule has 0 spiro atoms. The lowest BCUT2D eigenvalue weighted by atomic mass is 10.0. The maximum absolute atomic E-state index is 13.3. The predicted octanol–water partition coefficient (Wildman–Crippen LogP) is 2.30. The molecule has 0 radical (unpaired) electrons. The fraction of sp³-hybridized carbons (Fsp3) is 0.429. The highest BCUT2D eigenvalue weighted by Gasteiger charge is 2.35. The number of anilines is 1. The van der Waals surface area contributed by atoms with Crippen LogP contribution in [0.5, 0.6) is 0 Å². The fourth-order valence-electron chi connectivity index (χ4n) is 2.43. The summed E-state index contributed by atoms with van der Waals surface area (Å²) in [5.41, 5.74) is 10.0. The van der Waals surface area contributed by atoms with Crippen molar-refractivity contribution in [3.05, 3.63) is 29.3 Å². The second-order valence-corrected chi connectivity index (χ2v) is 5.09. The maximum atomic E-state index is 13.3. The van der Waals surface area contributed by atoms with Crippen molar-refractivity contribution >= 4 is 17.9 Å². The Morgan fingerprint density at radius 1 is 1.14 bits per heavy atom. The number of guanidine groups is 1. The highest BCUT2D eigenvalue weighted by Crippen LogP contribution is 2.37. The highest BCUT2D eigenvalue weighted by atomic mass is 19.4. The maximum Gasteiger partial charge on any atom is 0.418 e. The van der Waals surface area contributed by atoms with Gasteiger partial charge in [-0.2, -0.15) is 18.3 Å². The van der Waals surface area contributed by atoms with E-state index >= 15 is 0 Å². The molecule has 1 fully saturated rings. The third-order valence-electron chi connectivity index (χ3n) is 3.40. The molecule has 1 aromatic rings. The van der Waals surface area contributed by atoms with Crippen LogP contribution >= 0.6 is 0 Å². The van der Waals surface area contributed by atoms with E-state index in [0.717, 1.165) is 25.3 Å². The lowest BCUT2D eigenvalue weighted by molar-refractivity contribution is -0.137. The van der Waals surface area contributed by atoms with Crippen molar-refractivity contribution in [1.29, 1.82) is 0 Å². The Kier molecular flexibility index (Phi) is 4.89. The zero-order valence-electron chi connectivity index (χ0n) is 12.0. The van der Waals surface area contributed by atoms with Gasteiger partial charge in [0.1, 0.15) is 0 Å². The van der Waals surface area contributed by atoms with E-state index in [2.05, 4.69) is 10.2 Å². The van der Waals surface area contributed by atoms with Crippen LogP contribution in [-0.2, 0) is 6.18 Å². The summed E-state index contributed by atoms with van der Waals surface area (Å²) in [5.74, 6) is -0.253. The molecule has 120 valence electrons. The van der Waals surface area contributed by atoms with Gasteiger partial charge in [-0.05, 0) is 37.0 Å². The molecule has 1 aliphatic heterocycles. The molecule has 0 saturated carbocycles. The number of hydrogen-bond acceptors (Lipinski definition) is 3. The van der Waals surface area contributed by atoms with Crippen LogP contribution in [-0.4, -0.2) is 25.3 Å². The van der Waals surface area contributed by atoms with E-state index in [1.807, 2.05) is 0 Å². The number of hydrogen-bond donors (Lipinski definition) is 2. The number of piperidine rings is 1. The van der Waals surface area contributed by atoms with Gasteiger partial charge in [0.15, 0.2) is 0 Å². The fourth-order valence-corrected chi connectivity index (χ4v) is 2.43. The van der Waals surface area contributed by atoms with E-state index in [1.165, 1.54) is 12.3 Å². The Balaban J connectivity index is 2.34. The third-order valence-corrected chi connectivity index (χ3v) is 3.40. The molecule has 0 aromatic heterocycles. The topological polar surface area (TPSA) is 80.0 Å². The summed E-state index contributed by atoms with van der Waals surface area (Å²) in [4.78, 5) is 1.78. The molecular weight excluding hydrogens is 295 g/mol. The first-order valence-corrected chi connectivity index (χ1v) is 6.96. The summed E-state index contributed by atoms with van der Waals surface area (Å²) in [5, 5.41) is 6.91. The second kappa shape index (κ2) is 6.67. The minimum absolute atomic E-state index is 0.214. The summed E-state index contributed by atoms with van der Waals surface area (Å²) < 4.78 is 39.9. The molecule has 4 N–H and O–H groups in total. The normalized spacial score (nSPS) is 16.0. The van der Waals surface area contributed by atoms with Crippen molar-refractivity contribution in [1.82, 2.24) is 0 Å². The number of halogens is 3. The van der Waals surface area contributed by atoms with Crippen molar-refractivity contribution < 1.29 is 13.2 Å². The molecule has 2 rings (SSSR count). The van der Waals surface area contributed by atoms with Crippen LogP contribution in [0.1, 0.15) is 30.4 Å². The average Bonchev–Trinajstić information content (AvgIpc) is 2.47. The summed E-state index contributed by atoms with van der Waals surface area (Å²) >= 11 is 0. The number of alkyl halides is 3. The minimum Gasteiger partial charge on any atom is -0.371 e. The molecule has 0 unspecified atom stereocenters. The van der Waals surface area contributed by atoms with Crippen LogP contribution < -0.4 is 16.4 Å². The molecular formula is C14H18F3N5. The van der Waals surface area contributed by atoms with E-state index in [0.29, 0.717) is 13.1 Å². The van der Waals surface area contributed by atoms with Gasteiger partial charge in [0, 0.05) is 18.8 Å². The monoisotopic (exact) mass is 313 g/mol. The Labute approximate surface area is 126 Å². The molecule has 22 heavy (non-hydrogen) atoms. The van der Waals surface area contributed by atoms with E-state index in [9.17, 15) is 13.2 Å². The number of benzene rings is 1. The summed E-state index contributed by atoms with van der Waals surface area (Å²) in [6, 6.07) is 4.12. The van der Waals surface area contributed by atoms with Crippen molar-refractivity contribution in [3.8, 4) is 0 Å². The zero-order chi connectivity index (χ0) is 16.2. The lowest BCUT2D eigenvalue weighted by Gasteiger charge is -2.31. The van der Waals surface area contributed by atoms with Gasteiger partial charge in [-0.15, -0.1) is 5.10 Å². The van der Waals surface area contributed by atoms with Gasteiger partial charge in [-0.1, -0.05) is 6.07 Å². The number of rotatable bonds is 3. The van der Waals surface area contributed by atoms with Crippen LogP contribution in [0.4, 0.5) is 18.9 Å². The van der Waals surface area contributed by atoms with E-state index in [-0.39, 0.29) is 17.2 Å². The molecule has 0 aliphatic carbocycles. The lowest BCUT2D eigenvalue weighted by Crippen LogP contribution is -2.31. The van der Waals surface area contributed by atoms with Gasteiger partial charge in [-0.25, -0.2) is 0 Å². The standard InChI is InChI=1S/C14H18F3N5/c15-14(16,17)11-8-10(9-20-21-13(18)19)4-5-12(11)22-6-2-1-3-7-22/h4-5,8-9H,1-3,6-7H2,(H4,18,19,21). The number of nitrogens with two attached hydrogens (primary N) is 2. The largest absolute Gasteiger partial charge is 0.418 e. The highest BCUT2D eigenvalue weighted by molar-refractivity contribution is 5.83. The van der Waals surface area contributed by atoms with Gasteiger partial charge < -0.3 is 16.4 Å². The second-order valence-electron chi connectivity index (χ2n) is 5.09. The molecule has 8 heteroatoms. The minimum atomic E-state index is -4.42. The average molecular weight is 313 g/mol. The first-order chi connectivity index (χ1) is 10.4. The SMILES string of the molecule is NC(N)=NN=Cc1ccc(N2CCCCC2)c(C(F)(F)F)c1.